The first-order valence-corrected chi connectivity index (χ1v) is 15.4. The van der Waals surface area contributed by atoms with Crippen molar-refractivity contribution in [2.75, 3.05) is 44.2 Å². The number of aromatic nitrogens is 1. The molecule has 9 heteroatoms. The minimum absolute atomic E-state index is 0.0686. The van der Waals surface area contributed by atoms with Crippen LogP contribution in [0.25, 0.3) is 6.08 Å². The van der Waals surface area contributed by atoms with Crippen LogP contribution in [0.4, 0.5) is 5.82 Å². The third-order valence-corrected chi connectivity index (χ3v) is 9.21. The molecule has 0 aromatic carbocycles. The maximum Gasteiger partial charge on any atom is 0.270 e. The molecule has 1 amide bonds. The van der Waals surface area contributed by atoms with Crippen LogP contribution in [0, 0.1) is 24.2 Å². The second-order valence-electron chi connectivity index (χ2n) is 10.3. The van der Waals surface area contributed by atoms with Crippen LogP contribution in [0.1, 0.15) is 82.9 Å². The van der Waals surface area contributed by atoms with E-state index in [-0.39, 0.29) is 17.0 Å². The van der Waals surface area contributed by atoms with Crippen molar-refractivity contribution in [2.45, 2.75) is 79.7 Å². The standard InChI is InChI=1S/C29H43N5O2S2/c1-6-10-12-22(8-3)20-34-28(36)25(38-29(34)37)18-23-21(5)24(19-30)27(35)33(13-11-7-2)26(23)32-16-14-31(9-4)15-17-32/h18,22H,6-17,20H2,1-5H3. The SMILES string of the molecule is CCCCC(CC)CN1C(=O)C(=Cc2c(C)c(C#N)c(=O)n(CCCC)c2N2CCN(CC)CC2)SC1=S. The van der Waals surface area contributed by atoms with Crippen LogP contribution in [0.3, 0.4) is 0 Å². The molecule has 1 aromatic rings. The normalized spacial score (nSPS) is 18.5. The maximum atomic E-state index is 13.6. The van der Waals surface area contributed by atoms with Gasteiger partial charge in [-0.05, 0) is 43.9 Å². The zero-order valence-corrected chi connectivity index (χ0v) is 25.3. The zero-order chi connectivity index (χ0) is 27.8. The smallest absolute Gasteiger partial charge is 0.270 e. The molecule has 1 aromatic heterocycles. The lowest BCUT2D eigenvalue weighted by molar-refractivity contribution is -0.122. The Hall–Kier alpha value is -2.15. The van der Waals surface area contributed by atoms with Crippen molar-refractivity contribution >= 4 is 46.1 Å². The lowest BCUT2D eigenvalue weighted by atomic mass is 9.99. The lowest BCUT2D eigenvalue weighted by Gasteiger charge is -2.37. The summed E-state index contributed by atoms with van der Waals surface area (Å²) < 4.78 is 2.37. The molecule has 2 aliphatic heterocycles. The average molecular weight is 558 g/mol. The number of hydrogen-bond donors (Lipinski definition) is 0. The van der Waals surface area contributed by atoms with Gasteiger partial charge in [-0.2, -0.15) is 5.26 Å². The Morgan fingerprint density at radius 1 is 1.08 bits per heavy atom. The summed E-state index contributed by atoms with van der Waals surface area (Å²) in [7, 11) is 0. The molecule has 7 nitrogen and oxygen atoms in total. The molecule has 0 aliphatic carbocycles. The quantitative estimate of drug-likeness (QED) is 0.252. The first kappa shape index (κ1) is 30.4. The van der Waals surface area contributed by atoms with Gasteiger partial charge < -0.3 is 9.80 Å². The topological polar surface area (TPSA) is 72.6 Å². The second kappa shape index (κ2) is 14.3. The number of nitriles is 1. The van der Waals surface area contributed by atoms with Gasteiger partial charge in [0.15, 0.2) is 0 Å². The van der Waals surface area contributed by atoms with Crippen molar-refractivity contribution in [1.82, 2.24) is 14.4 Å². The average Bonchev–Trinajstić information content (AvgIpc) is 3.19. The Kier molecular flexibility index (Phi) is 11.4. The van der Waals surface area contributed by atoms with Gasteiger partial charge in [-0.25, -0.2) is 0 Å². The molecule has 0 spiro atoms. The molecule has 3 heterocycles. The predicted octanol–water partition coefficient (Wildman–Crippen LogP) is 5.39. The van der Waals surface area contributed by atoms with Crippen LogP contribution in [0.2, 0.25) is 0 Å². The van der Waals surface area contributed by atoms with Crippen molar-refractivity contribution in [2.24, 2.45) is 5.92 Å². The second-order valence-corrected chi connectivity index (χ2v) is 12.0. The molecule has 2 saturated heterocycles. The Bertz CT molecular complexity index is 1150. The van der Waals surface area contributed by atoms with E-state index in [0.29, 0.717) is 33.8 Å². The van der Waals surface area contributed by atoms with Gasteiger partial charge in [-0.1, -0.05) is 77.4 Å². The zero-order valence-electron chi connectivity index (χ0n) is 23.7. The number of likely N-dealkylation sites (N-methyl/N-ethyl adjacent to an activating group) is 1. The van der Waals surface area contributed by atoms with E-state index in [2.05, 4.69) is 43.6 Å². The number of unbranched alkanes of at least 4 members (excludes halogenated alkanes) is 2. The summed E-state index contributed by atoms with van der Waals surface area (Å²) in [6.45, 7) is 16.0. The molecular formula is C29H43N5O2S2. The summed E-state index contributed by atoms with van der Waals surface area (Å²) in [6, 6.07) is 2.16. The Morgan fingerprint density at radius 3 is 2.34 bits per heavy atom. The highest BCUT2D eigenvalue weighted by atomic mass is 32.2. The number of hydrogen-bond acceptors (Lipinski definition) is 7. The molecule has 1 atom stereocenters. The number of carbonyl (C=O) groups excluding carboxylic acids is 1. The fourth-order valence-corrected chi connectivity index (χ4v) is 6.51. The summed E-state index contributed by atoms with van der Waals surface area (Å²) in [5, 5.41) is 9.93. The van der Waals surface area contributed by atoms with Crippen LogP contribution in [-0.2, 0) is 11.3 Å². The summed E-state index contributed by atoms with van der Waals surface area (Å²) in [4.78, 5) is 34.1. The molecule has 2 aliphatic rings. The van der Waals surface area contributed by atoms with Gasteiger partial charge in [0.2, 0.25) is 0 Å². The Balaban J connectivity index is 2.09. The highest BCUT2D eigenvalue weighted by molar-refractivity contribution is 8.26. The van der Waals surface area contributed by atoms with E-state index < -0.39 is 0 Å². The van der Waals surface area contributed by atoms with Crippen LogP contribution < -0.4 is 10.5 Å². The number of thiocarbonyl (C=S) groups is 1. The van der Waals surface area contributed by atoms with Crippen LogP contribution in [-0.4, -0.2) is 63.9 Å². The van der Waals surface area contributed by atoms with Crippen molar-refractivity contribution in [3.8, 4) is 6.07 Å². The van der Waals surface area contributed by atoms with Gasteiger partial charge in [0.25, 0.3) is 11.5 Å². The van der Waals surface area contributed by atoms with E-state index in [9.17, 15) is 14.9 Å². The Labute approximate surface area is 237 Å². The Morgan fingerprint density at radius 2 is 1.76 bits per heavy atom. The summed E-state index contributed by atoms with van der Waals surface area (Å²) in [5.74, 6) is 1.18. The van der Waals surface area contributed by atoms with E-state index >= 15 is 0 Å². The fraction of sp³-hybridized carbons (Fsp3) is 0.655. The van der Waals surface area contributed by atoms with Crippen molar-refractivity contribution in [1.29, 1.82) is 5.26 Å². The first-order valence-electron chi connectivity index (χ1n) is 14.2. The van der Waals surface area contributed by atoms with Crippen LogP contribution in [0.5, 0.6) is 0 Å². The number of pyridine rings is 1. The van der Waals surface area contributed by atoms with Gasteiger partial charge >= 0.3 is 0 Å². The summed E-state index contributed by atoms with van der Waals surface area (Å²) >= 11 is 7.00. The molecule has 0 N–H and O–H groups in total. The van der Waals surface area contributed by atoms with Crippen molar-refractivity contribution in [3.63, 3.8) is 0 Å². The molecule has 3 rings (SSSR count). The first-order chi connectivity index (χ1) is 18.3. The van der Waals surface area contributed by atoms with Gasteiger partial charge in [0.05, 0.1) is 4.91 Å². The fourth-order valence-electron chi connectivity index (χ4n) is 5.25. The predicted molar refractivity (Wildman–Crippen MR) is 163 cm³/mol. The van der Waals surface area contributed by atoms with Gasteiger partial charge in [-0.3, -0.25) is 19.1 Å². The number of amides is 1. The number of piperazine rings is 1. The van der Waals surface area contributed by atoms with Gasteiger partial charge in [-0.15, -0.1) is 0 Å². The van der Waals surface area contributed by atoms with E-state index in [1.165, 1.54) is 11.8 Å². The number of nitrogens with zero attached hydrogens (tertiary/aromatic N) is 5. The largest absolute Gasteiger partial charge is 0.355 e. The van der Waals surface area contributed by atoms with Crippen molar-refractivity contribution < 1.29 is 4.79 Å². The monoisotopic (exact) mass is 557 g/mol. The van der Waals surface area contributed by atoms with E-state index in [1.54, 1.807) is 9.47 Å². The molecule has 1 unspecified atom stereocenters. The summed E-state index contributed by atoms with van der Waals surface area (Å²) in [6.07, 6.45) is 8.06. The molecular weight excluding hydrogens is 514 g/mol. The van der Waals surface area contributed by atoms with E-state index in [1.807, 2.05) is 13.0 Å². The molecule has 208 valence electrons. The number of thioether (sulfide) groups is 1. The molecule has 0 bridgehead atoms. The maximum absolute atomic E-state index is 13.6. The van der Waals surface area contributed by atoms with E-state index in [4.69, 9.17) is 12.2 Å². The molecule has 38 heavy (non-hydrogen) atoms. The van der Waals surface area contributed by atoms with Gasteiger partial charge in [0.1, 0.15) is 21.8 Å². The third kappa shape index (κ3) is 6.70. The summed E-state index contributed by atoms with van der Waals surface area (Å²) in [5.41, 5.74) is 1.35. The molecule has 0 radical (unpaired) electrons. The highest BCUT2D eigenvalue weighted by Gasteiger charge is 2.34. The number of carbonyl (C=O) groups is 1. The van der Waals surface area contributed by atoms with E-state index in [0.717, 1.165) is 82.6 Å². The third-order valence-electron chi connectivity index (χ3n) is 7.83. The number of anilines is 1. The van der Waals surface area contributed by atoms with Gasteiger partial charge in [0, 0.05) is 44.8 Å². The minimum Gasteiger partial charge on any atom is -0.355 e. The van der Waals surface area contributed by atoms with Crippen LogP contribution in [0.15, 0.2) is 9.70 Å². The number of rotatable bonds is 12. The van der Waals surface area contributed by atoms with Crippen LogP contribution >= 0.6 is 24.0 Å². The molecule has 0 saturated carbocycles. The van der Waals surface area contributed by atoms with Crippen molar-refractivity contribution in [3.05, 3.63) is 31.9 Å². The highest BCUT2D eigenvalue weighted by Crippen LogP contribution is 2.37. The molecule has 2 fully saturated rings. The minimum atomic E-state index is -0.238. The lowest BCUT2D eigenvalue weighted by Crippen LogP contribution is -2.48.